The van der Waals surface area contributed by atoms with E-state index >= 15 is 0 Å². The Morgan fingerprint density at radius 3 is 2.72 bits per heavy atom. The van der Waals surface area contributed by atoms with Crippen molar-refractivity contribution in [3.63, 3.8) is 0 Å². The first kappa shape index (κ1) is 23.5. The molecule has 6 heteroatoms. The molecule has 0 spiro atoms. The summed E-state index contributed by atoms with van der Waals surface area (Å²) in [5.74, 6) is 2.92. The topological polar surface area (TPSA) is 58.1 Å². The van der Waals surface area contributed by atoms with Crippen LogP contribution in [-0.4, -0.2) is 64.4 Å². The van der Waals surface area contributed by atoms with Crippen molar-refractivity contribution in [2.45, 2.75) is 46.2 Å². The molecule has 1 aliphatic heterocycles. The number of aryl methyl sites for hydroxylation is 1. The van der Waals surface area contributed by atoms with E-state index < -0.39 is 0 Å². The van der Waals surface area contributed by atoms with Gasteiger partial charge in [-0.2, -0.15) is 0 Å². The predicted octanol–water partition coefficient (Wildman–Crippen LogP) is 3.05. The van der Waals surface area contributed by atoms with E-state index in [9.17, 15) is 0 Å². The average Bonchev–Trinajstić information content (AvgIpc) is 3.19. The minimum absolute atomic E-state index is 0.473. The van der Waals surface area contributed by atoms with Crippen molar-refractivity contribution in [1.29, 1.82) is 0 Å². The standard InChI is InChI=1S/C23H40N4O2/c1-17(2)11-21(27(5)6)14-26-23(24-4)25-13-20-8-7-18(3)12-22(20)29-16-19-9-10-28-15-19/h7-8,12,17,19,21H,9-11,13-16H2,1-6H3,(H2,24,25,26). The molecule has 0 amide bonds. The van der Waals surface area contributed by atoms with Gasteiger partial charge in [-0.15, -0.1) is 0 Å². The number of likely N-dealkylation sites (N-methyl/N-ethyl adjacent to an activating group) is 1. The smallest absolute Gasteiger partial charge is 0.191 e. The van der Waals surface area contributed by atoms with Crippen molar-refractivity contribution >= 4 is 5.96 Å². The minimum Gasteiger partial charge on any atom is -0.493 e. The van der Waals surface area contributed by atoms with Gasteiger partial charge < -0.3 is 25.0 Å². The first-order valence-electron chi connectivity index (χ1n) is 10.8. The van der Waals surface area contributed by atoms with Crippen LogP contribution in [0.2, 0.25) is 0 Å². The Morgan fingerprint density at radius 1 is 1.31 bits per heavy atom. The van der Waals surface area contributed by atoms with Crippen LogP contribution in [-0.2, 0) is 11.3 Å². The molecule has 1 saturated heterocycles. The lowest BCUT2D eigenvalue weighted by Crippen LogP contribution is -2.45. The Labute approximate surface area is 177 Å². The van der Waals surface area contributed by atoms with Gasteiger partial charge in [-0.1, -0.05) is 26.0 Å². The Morgan fingerprint density at radius 2 is 2.10 bits per heavy atom. The maximum absolute atomic E-state index is 6.15. The summed E-state index contributed by atoms with van der Waals surface area (Å²) in [4.78, 5) is 6.67. The van der Waals surface area contributed by atoms with Gasteiger partial charge in [0.2, 0.25) is 0 Å². The molecule has 1 fully saturated rings. The van der Waals surface area contributed by atoms with Gasteiger partial charge in [0.25, 0.3) is 0 Å². The molecule has 6 nitrogen and oxygen atoms in total. The number of nitrogens with one attached hydrogen (secondary N) is 2. The van der Waals surface area contributed by atoms with Crippen LogP contribution >= 0.6 is 0 Å². The van der Waals surface area contributed by atoms with Crippen molar-refractivity contribution in [2.24, 2.45) is 16.8 Å². The lowest BCUT2D eigenvalue weighted by atomic mass is 10.0. The van der Waals surface area contributed by atoms with Gasteiger partial charge in [0.05, 0.1) is 13.2 Å². The molecule has 2 unspecified atom stereocenters. The van der Waals surface area contributed by atoms with Gasteiger partial charge in [-0.25, -0.2) is 0 Å². The monoisotopic (exact) mass is 404 g/mol. The second-order valence-electron chi connectivity index (χ2n) is 8.71. The number of guanidine groups is 1. The van der Waals surface area contributed by atoms with Gasteiger partial charge in [0.15, 0.2) is 5.96 Å². The second kappa shape index (κ2) is 12.0. The van der Waals surface area contributed by atoms with Crippen LogP contribution in [0.5, 0.6) is 5.75 Å². The van der Waals surface area contributed by atoms with E-state index in [4.69, 9.17) is 9.47 Å². The second-order valence-corrected chi connectivity index (χ2v) is 8.71. The Kier molecular flexibility index (Phi) is 9.74. The van der Waals surface area contributed by atoms with E-state index in [0.29, 0.717) is 31.0 Å². The van der Waals surface area contributed by atoms with E-state index in [1.807, 2.05) is 7.05 Å². The Hall–Kier alpha value is -1.79. The summed E-state index contributed by atoms with van der Waals surface area (Å²) in [6.07, 6.45) is 2.23. The van der Waals surface area contributed by atoms with Crippen LogP contribution in [0.15, 0.2) is 23.2 Å². The maximum Gasteiger partial charge on any atom is 0.191 e. The number of aliphatic imine (C=N–C) groups is 1. The molecule has 2 N–H and O–H groups in total. The van der Waals surface area contributed by atoms with Crippen molar-refractivity contribution < 1.29 is 9.47 Å². The van der Waals surface area contributed by atoms with Gasteiger partial charge in [-0.05, 0) is 51.4 Å². The average molecular weight is 405 g/mol. The first-order valence-corrected chi connectivity index (χ1v) is 10.8. The van der Waals surface area contributed by atoms with Crippen molar-refractivity contribution in [3.8, 4) is 5.75 Å². The molecule has 0 saturated carbocycles. The molecule has 1 aliphatic rings. The minimum atomic E-state index is 0.473. The highest BCUT2D eigenvalue weighted by Gasteiger charge is 2.17. The third-order valence-corrected chi connectivity index (χ3v) is 5.37. The summed E-state index contributed by atoms with van der Waals surface area (Å²) >= 11 is 0. The van der Waals surface area contributed by atoms with E-state index in [1.54, 1.807) is 0 Å². The van der Waals surface area contributed by atoms with Crippen LogP contribution in [0, 0.1) is 18.8 Å². The molecule has 1 aromatic rings. The maximum atomic E-state index is 6.15. The number of hydrogen-bond acceptors (Lipinski definition) is 4. The van der Waals surface area contributed by atoms with E-state index in [1.165, 1.54) is 5.56 Å². The van der Waals surface area contributed by atoms with E-state index in [-0.39, 0.29) is 0 Å². The highest BCUT2D eigenvalue weighted by atomic mass is 16.5. The quantitative estimate of drug-likeness (QED) is 0.464. The van der Waals surface area contributed by atoms with Crippen LogP contribution in [0.3, 0.4) is 0 Å². The molecule has 2 rings (SSSR count). The summed E-state index contributed by atoms with van der Waals surface area (Å²) in [6.45, 7) is 10.5. The number of hydrogen-bond donors (Lipinski definition) is 2. The van der Waals surface area contributed by atoms with Crippen molar-refractivity contribution in [1.82, 2.24) is 15.5 Å². The summed E-state index contributed by atoms with van der Waals surface area (Å²) in [5.41, 5.74) is 2.35. The Balaban J connectivity index is 1.90. The molecule has 164 valence electrons. The number of ether oxygens (including phenoxy) is 2. The molecule has 0 aliphatic carbocycles. The van der Waals surface area contributed by atoms with Crippen LogP contribution < -0.4 is 15.4 Å². The Bertz CT molecular complexity index is 640. The largest absolute Gasteiger partial charge is 0.493 e. The van der Waals surface area contributed by atoms with E-state index in [2.05, 4.69) is 73.6 Å². The lowest BCUT2D eigenvalue weighted by molar-refractivity contribution is 0.166. The normalized spacial score (nSPS) is 18.3. The fraction of sp³-hybridized carbons (Fsp3) is 0.696. The zero-order chi connectivity index (χ0) is 21.2. The summed E-state index contributed by atoms with van der Waals surface area (Å²) in [5, 5.41) is 6.91. The molecule has 1 aromatic carbocycles. The fourth-order valence-corrected chi connectivity index (χ4v) is 3.50. The number of nitrogens with zero attached hydrogens (tertiary/aromatic N) is 2. The van der Waals surface area contributed by atoms with Crippen LogP contribution in [0.4, 0.5) is 0 Å². The molecule has 0 radical (unpaired) electrons. The SMILES string of the molecule is CN=C(NCc1ccc(C)cc1OCC1CCOC1)NCC(CC(C)C)N(C)C. The lowest BCUT2D eigenvalue weighted by Gasteiger charge is -2.27. The van der Waals surface area contributed by atoms with Crippen molar-refractivity contribution in [2.75, 3.05) is 47.5 Å². The van der Waals surface area contributed by atoms with Gasteiger partial charge in [-0.3, -0.25) is 4.99 Å². The highest BCUT2D eigenvalue weighted by Crippen LogP contribution is 2.22. The van der Waals surface area contributed by atoms with Crippen molar-refractivity contribution in [3.05, 3.63) is 29.3 Å². The fourth-order valence-electron chi connectivity index (χ4n) is 3.50. The highest BCUT2D eigenvalue weighted by molar-refractivity contribution is 5.79. The number of rotatable bonds is 10. The van der Waals surface area contributed by atoms with Gasteiger partial charge in [0, 0.05) is 44.3 Å². The van der Waals surface area contributed by atoms with Gasteiger partial charge >= 0.3 is 0 Å². The first-order chi connectivity index (χ1) is 13.9. The predicted molar refractivity (Wildman–Crippen MR) is 121 cm³/mol. The molecule has 29 heavy (non-hydrogen) atoms. The third-order valence-electron chi connectivity index (χ3n) is 5.37. The summed E-state index contributed by atoms with van der Waals surface area (Å²) < 4.78 is 11.6. The molecule has 0 bridgehead atoms. The van der Waals surface area contributed by atoms with Gasteiger partial charge in [0.1, 0.15) is 5.75 Å². The summed E-state index contributed by atoms with van der Waals surface area (Å²) in [7, 11) is 6.08. The van der Waals surface area contributed by atoms with E-state index in [0.717, 1.165) is 49.9 Å². The molecular weight excluding hydrogens is 364 g/mol. The number of benzene rings is 1. The molecule has 2 atom stereocenters. The van der Waals surface area contributed by atoms with Crippen LogP contribution in [0.25, 0.3) is 0 Å². The summed E-state index contributed by atoms with van der Waals surface area (Å²) in [6, 6.07) is 6.86. The third kappa shape index (κ3) is 8.23. The zero-order valence-electron chi connectivity index (χ0n) is 19.1. The zero-order valence-corrected chi connectivity index (χ0v) is 19.1. The molecule has 0 aromatic heterocycles. The molecule has 1 heterocycles. The van der Waals surface area contributed by atoms with Crippen LogP contribution in [0.1, 0.15) is 37.8 Å². The molecular formula is C23H40N4O2.